The second-order valence-corrected chi connectivity index (χ2v) is 7.51. The largest absolute Gasteiger partial charge is 0.504 e. The molecule has 4 rings (SSSR count). The van der Waals surface area contributed by atoms with Gasteiger partial charge in [-0.1, -0.05) is 44.2 Å². The molecule has 0 radical (unpaired) electrons. The molecule has 0 unspecified atom stereocenters. The van der Waals surface area contributed by atoms with E-state index in [1.807, 2.05) is 31.2 Å². The van der Waals surface area contributed by atoms with Crippen molar-refractivity contribution < 1.29 is 14.6 Å². The van der Waals surface area contributed by atoms with Crippen LogP contribution >= 0.6 is 0 Å². The van der Waals surface area contributed by atoms with Gasteiger partial charge in [-0.15, -0.1) is 0 Å². The fourth-order valence-electron chi connectivity index (χ4n) is 3.30. The van der Waals surface area contributed by atoms with Crippen molar-refractivity contribution in [2.24, 2.45) is 0 Å². The van der Waals surface area contributed by atoms with Crippen molar-refractivity contribution in [3.63, 3.8) is 0 Å². The monoisotopic (exact) mass is 400 g/mol. The smallest absolute Gasteiger partial charge is 0.230 e. The number of phenols is 1. The van der Waals surface area contributed by atoms with Crippen LogP contribution in [0.3, 0.4) is 0 Å². The van der Waals surface area contributed by atoms with Gasteiger partial charge in [0.05, 0.1) is 23.6 Å². The molecule has 0 fully saturated rings. The highest BCUT2D eigenvalue weighted by Crippen LogP contribution is 2.38. The molecule has 3 aromatic carbocycles. The lowest BCUT2D eigenvalue weighted by Gasteiger charge is -2.15. The number of aromatic nitrogens is 2. The fourth-order valence-corrected chi connectivity index (χ4v) is 3.30. The second kappa shape index (κ2) is 8.03. The van der Waals surface area contributed by atoms with Gasteiger partial charge in [-0.05, 0) is 54.3 Å². The first-order valence-electron chi connectivity index (χ1n) is 9.89. The van der Waals surface area contributed by atoms with Crippen LogP contribution in [0.1, 0.15) is 30.9 Å². The van der Waals surface area contributed by atoms with E-state index < -0.39 is 0 Å². The van der Waals surface area contributed by atoms with Crippen LogP contribution in [0.4, 0.5) is 0 Å². The molecule has 0 atom stereocenters. The van der Waals surface area contributed by atoms with Crippen LogP contribution in [0.15, 0.2) is 60.7 Å². The zero-order valence-electron chi connectivity index (χ0n) is 17.5. The number of rotatable bonds is 5. The molecule has 5 nitrogen and oxygen atoms in total. The number of phenolic OH excluding ortho intramolecular Hbond substituents is 1. The summed E-state index contributed by atoms with van der Waals surface area (Å²) in [7, 11) is 1.51. The number of ether oxygens (including phenoxy) is 2. The van der Waals surface area contributed by atoms with E-state index in [0.717, 1.165) is 22.2 Å². The summed E-state index contributed by atoms with van der Waals surface area (Å²) in [6, 6.07) is 19.2. The van der Waals surface area contributed by atoms with E-state index in [0.29, 0.717) is 28.9 Å². The first kappa shape index (κ1) is 19.7. The first-order chi connectivity index (χ1) is 14.5. The van der Waals surface area contributed by atoms with E-state index in [2.05, 4.69) is 42.0 Å². The maximum Gasteiger partial charge on any atom is 0.230 e. The Kier molecular flexibility index (Phi) is 5.27. The van der Waals surface area contributed by atoms with Crippen LogP contribution in [-0.4, -0.2) is 22.2 Å². The summed E-state index contributed by atoms with van der Waals surface area (Å²) in [5.41, 5.74) is 3.43. The quantitative estimate of drug-likeness (QED) is 0.430. The minimum Gasteiger partial charge on any atom is -0.504 e. The number of nitrogens with zero attached hydrogens (tertiary/aromatic N) is 2. The summed E-state index contributed by atoms with van der Waals surface area (Å²) in [4.78, 5) is 9.31. The standard InChI is InChI=1S/C25H24N2O3/c1-15(2)17-13-12-16(3)22(14-17)30-25-18-8-5-6-10-20(18)26-24(27-25)19-9-7-11-21(29-4)23(19)28/h5-15,28H,1-4H3. The van der Waals surface area contributed by atoms with Crippen LogP contribution in [0.5, 0.6) is 23.1 Å². The summed E-state index contributed by atoms with van der Waals surface area (Å²) in [6.07, 6.45) is 0. The van der Waals surface area contributed by atoms with Crippen molar-refractivity contribution in [2.45, 2.75) is 26.7 Å². The molecular weight excluding hydrogens is 376 g/mol. The number of benzene rings is 3. The van der Waals surface area contributed by atoms with Crippen LogP contribution in [0, 0.1) is 6.92 Å². The van der Waals surface area contributed by atoms with Crippen molar-refractivity contribution in [3.05, 3.63) is 71.8 Å². The summed E-state index contributed by atoms with van der Waals surface area (Å²) < 4.78 is 11.5. The molecule has 0 aliphatic heterocycles. The van der Waals surface area contributed by atoms with Gasteiger partial charge in [-0.3, -0.25) is 0 Å². The Hall–Kier alpha value is -3.60. The molecule has 1 N–H and O–H groups in total. The average molecular weight is 400 g/mol. The molecule has 4 aromatic rings. The van der Waals surface area contributed by atoms with Gasteiger partial charge < -0.3 is 14.6 Å². The molecule has 0 aliphatic carbocycles. The predicted molar refractivity (Wildman–Crippen MR) is 119 cm³/mol. The normalized spacial score (nSPS) is 11.1. The van der Waals surface area contributed by atoms with E-state index >= 15 is 0 Å². The molecule has 152 valence electrons. The number of aromatic hydroxyl groups is 1. The van der Waals surface area contributed by atoms with Crippen molar-refractivity contribution >= 4 is 10.9 Å². The van der Waals surface area contributed by atoms with Crippen molar-refractivity contribution in [3.8, 4) is 34.5 Å². The molecular formula is C25H24N2O3. The highest BCUT2D eigenvalue weighted by atomic mass is 16.5. The van der Waals surface area contributed by atoms with Gasteiger partial charge in [-0.2, -0.15) is 4.98 Å². The Morgan fingerprint density at radius 2 is 1.70 bits per heavy atom. The Morgan fingerprint density at radius 1 is 0.900 bits per heavy atom. The number of hydrogen-bond donors (Lipinski definition) is 1. The minimum absolute atomic E-state index is 0.000725. The van der Waals surface area contributed by atoms with Crippen LogP contribution in [-0.2, 0) is 0 Å². The lowest BCUT2D eigenvalue weighted by atomic mass is 10.0. The Bertz CT molecular complexity index is 1220. The maximum absolute atomic E-state index is 10.6. The highest BCUT2D eigenvalue weighted by molar-refractivity contribution is 5.86. The Balaban J connectivity index is 1.88. The van der Waals surface area contributed by atoms with Gasteiger partial charge in [-0.25, -0.2) is 4.98 Å². The summed E-state index contributed by atoms with van der Waals surface area (Å²) in [6.45, 7) is 6.31. The SMILES string of the molecule is COc1cccc(-c2nc(Oc3cc(C(C)C)ccc3C)c3ccccc3n2)c1O. The molecule has 0 amide bonds. The van der Waals surface area contributed by atoms with Gasteiger partial charge >= 0.3 is 0 Å². The third-order valence-electron chi connectivity index (χ3n) is 5.11. The van der Waals surface area contributed by atoms with E-state index in [1.54, 1.807) is 18.2 Å². The lowest BCUT2D eigenvalue weighted by Crippen LogP contribution is -1.98. The van der Waals surface area contributed by atoms with Crippen molar-refractivity contribution in [1.82, 2.24) is 9.97 Å². The fraction of sp³-hybridized carbons (Fsp3) is 0.200. The zero-order chi connectivity index (χ0) is 21.3. The topological polar surface area (TPSA) is 64.5 Å². The van der Waals surface area contributed by atoms with Gasteiger partial charge in [0.15, 0.2) is 17.3 Å². The third-order valence-corrected chi connectivity index (χ3v) is 5.11. The molecule has 0 saturated heterocycles. The summed E-state index contributed by atoms with van der Waals surface area (Å²) in [5.74, 6) is 2.33. The molecule has 0 saturated carbocycles. The summed E-state index contributed by atoms with van der Waals surface area (Å²) >= 11 is 0. The summed E-state index contributed by atoms with van der Waals surface area (Å²) in [5, 5.41) is 11.4. The van der Waals surface area contributed by atoms with Gasteiger partial charge in [0, 0.05) is 0 Å². The van der Waals surface area contributed by atoms with E-state index in [1.165, 1.54) is 12.7 Å². The highest BCUT2D eigenvalue weighted by Gasteiger charge is 2.17. The van der Waals surface area contributed by atoms with Crippen LogP contribution in [0.25, 0.3) is 22.3 Å². The number of hydrogen-bond acceptors (Lipinski definition) is 5. The van der Waals surface area contributed by atoms with E-state index in [-0.39, 0.29) is 5.75 Å². The first-order valence-corrected chi connectivity index (χ1v) is 9.89. The van der Waals surface area contributed by atoms with Crippen molar-refractivity contribution in [1.29, 1.82) is 0 Å². The number of aryl methyl sites for hydroxylation is 1. The average Bonchev–Trinajstić information content (AvgIpc) is 2.75. The number of para-hydroxylation sites is 2. The number of methoxy groups -OCH3 is 1. The number of fused-ring (bicyclic) bond motifs is 1. The molecule has 1 heterocycles. The van der Waals surface area contributed by atoms with Gasteiger partial charge in [0.2, 0.25) is 5.88 Å². The molecule has 1 aromatic heterocycles. The van der Waals surface area contributed by atoms with E-state index in [9.17, 15) is 5.11 Å². The molecule has 0 spiro atoms. The molecule has 0 aliphatic rings. The molecule has 5 heteroatoms. The van der Waals surface area contributed by atoms with Crippen LogP contribution in [0.2, 0.25) is 0 Å². The maximum atomic E-state index is 10.6. The lowest BCUT2D eigenvalue weighted by molar-refractivity contribution is 0.374. The molecule has 0 bridgehead atoms. The second-order valence-electron chi connectivity index (χ2n) is 7.51. The Morgan fingerprint density at radius 3 is 2.47 bits per heavy atom. The van der Waals surface area contributed by atoms with Gasteiger partial charge in [0.25, 0.3) is 0 Å². The Labute approximate surface area is 176 Å². The van der Waals surface area contributed by atoms with Gasteiger partial charge in [0.1, 0.15) is 5.75 Å². The van der Waals surface area contributed by atoms with Crippen molar-refractivity contribution in [2.75, 3.05) is 7.11 Å². The minimum atomic E-state index is -0.000725. The van der Waals surface area contributed by atoms with E-state index in [4.69, 9.17) is 9.47 Å². The third kappa shape index (κ3) is 3.66. The molecule has 30 heavy (non-hydrogen) atoms. The van der Waals surface area contributed by atoms with Crippen LogP contribution < -0.4 is 9.47 Å². The predicted octanol–water partition coefficient (Wildman–Crippen LogP) is 6.24. The zero-order valence-corrected chi connectivity index (χ0v) is 17.5.